The minimum atomic E-state index is 0. The number of hydrogen-bond donors (Lipinski definition) is 0. The minimum Gasteiger partial charge on any atom is -0.299 e. The number of Topliss-reactive ketones (excluding diaryl/α,β-unsaturated/α-hetero) is 1. The molecule has 2 atom stereocenters. The van der Waals surface area contributed by atoms with Crippen LogP contribution >= 0.6 is 0 Å². The molecular weight excluding hydrogens is 232 g/mol. The predicted molar refractivity (Wildman–Crippen MR) is 82.1 cm³/mol. The summed E-state index contributed by atoms with van der Waals surface area (Å²) in [6.07, 6.45) is 7.63. The van der Waals surface area contributed by atoms with Crippen molar-refractivity contribution in [3.05, 3.63) is 59.7 Å². The highest BCUT2D eigenvalue weighted by Gasteiger charge is 2.14. The molecular formula is C18H24O. The molecule has 0 bridgehead atoms. The molecule has 1 aliphatic rings. The average molecular weight is 256 g/mol. The Morgan fingerprint density at radius 3 is 2.37 bits per heavy atom. The number of allylic oxidation sites excluding steroid dienone is 4. The van der Waals surface area contributed by atoms with Crippen LogP contribution in [0.15, 0.2) is 54.1 Å². The maximum Gasteiger partial charge on any atom is 0.141 e. The van der Waals surface area contributed by atoms with Gasteiger partial charge in [-0.1, -0.05) is 69.8 Å². The maximum atomic E-state index is 12.0. The first-order valence-corrected chi connectivity index (χ1v) is 6.59. The van der Waals surface area contributed by atoms with Gasteiger partial charge in [0.05, 0.1) is 0 Å². The second kappa shape index (κ2) is 7.08. The normalized spacial score (nSPS) is 21.5. The van der Waals surface area contributed by atoms with Gasteiger partial charge < -0.3 is 0 Å². The first-order chi connectivity index (χ1) is 8.65. The molecule has 0 heterocycles. The van der Waals surface area contributed by atoms with Crippen LogP contribution < -0.4 is 0 Å². The molecule has 19 heavy (non-hydrogen) atoms. The lowest BCUT2D eigenvalue weighted by Gasteiger charge is -2.18. The highest BCUT2D eigenvalue weighted by molar-refractivity contribution is 5.83. The Kier molecular flexibility index (Phi) is 5.75. The molecule has 0 N–H and O–H groups in total. The van der Waals surface area contributed by atoms with E-state index in [1.54, 1.807) is 0 Å². The molecule has 1 nitrogen and oxygen atoms in total. The number of carbonyl (C=O) groups is 1. The van der Waals surface area contributed by atoms with Crippen molar-refractivity contribution >= 4 is 5.78 Å². The van der Waals surface area contributed by atoms with Crippen molar-refractivity contribution in [2.45, 2.75) is 34.1 Å². The van der Waals surface area contributed by atoms with E-state index in [0.717, 1.165) is 5.56 Å². The van der Waals surface area contributed by atoms with Gasteiger partial charge in [-0.15, -0.1) is 0 Å². The van der Waals surface area contributed by atoms with E-state index in [2.05, 4.69) is 32.1 Å². The molecule has 0 saturated heterocycles. The van der Waals surface area contributed by atoms with Gasteiger partial charge in [0.2, 0.25) is 0 Å². The molecule has 1 aromatic carbocycles. The van der Waals surface area contributed by atoms with Crippen molar-refractivity contribution in [3.8, 4) is 0 Å². The zero-order valence-electron chi connectivity index (χ0n) is 11.1. The Hall–Kier alpha value is -1.63. The second-order valence-corrected chi connectivity index (χ2v) is 5.20. The van der Waals surface area contributed by atoms with Gasteiger partial charge in [0.1, 0.15) is 5.78 Å². The van der Waals surface area contributed by atoms with Crippen LogP contribution in [0.3, 0.4) is 0 Å². The van der Waals surface area contributed by atoms with Crippen molar-refractivity contribution in [3.63, 3.8) is 0 Å². The quantitative estimate of drug-likeness (QED) is 0.770. The Morgan fingerprint density at radius 1 is 1.05 bits per heavy atom. The van der Waals surface area contributed by atoms with Gasteiger partial charge in [-0.05, 0) is 23.0 Å². The molecule has 0 amide bonds. The van der Waals surface area contributed by atoms with Crippen molar-refractivity contribution in [2.75, 3.05) is 0 Å². The van der Waals surface area contributed by atoms with Crippen LogP contribution in [-0.4, -0.2) is 5.78 Å². The molecule has 1 aromatic rings. The monoisotopic (exact) mass is 256 g/mol. The van der Waals surface area contributed by atoms with E-state index in [9.17, 15) is 4.79 Å². The highest BCUT2D eigenvalue weighted by atomic mass is 16.1. The summed E-state index contributed by atoms with van der Waals surface area (Å²) < 4.78 is 0. The van der Waals surface area contributed by atoms with Crippen molar-refractivity contribution in [1.82, 2.24) is 0 Å². The summed E-state index contributed by atoms with van der Waals surface area (Å²) in [5.74, 6) is 1.41. The summed E-state index contributed by atoms with van der Waals surface area (Å²) >= 11 is 0. The van der Waals surface area contributed by atoms with Crippen LogP contribution in [0.25, 0.3) is 0 Å². The highest BCUT2D eigenvalue weighted by Crippen LogP contribution is 2.24. The number of rotatable bonds is 4. The average Bonchev–Trinajstić information content (AvgIpc) is 2.35. The minimum absolute atomic E-state index is 0. The topological polar surface area (TPSA) is 17.1 Å². The standard InChI is InChI=1S/C17H20O.CH4/c1-13-8-9-16(10-14(13)2)12-17(18)11-15-6-4-3-5-7-15;/h3-10,13-14H,11-12H2,1-2H3;1H4. The third-order valence-corrected chi connectivity index (χ3v) is 3.57. The number of hydrogen-bond acceptors (Lipinski definition) is 1. The zero-order valence-corrected chi connectivity index (χ0v) is 11.1. The Morgan fingerprint density at radius 2 is 1.74 bits per heavy atom. The van der Waals surface area contributed by atoms with Crippen LogP contribution in [0.4, 0.5) is 0 Å². The fourth-order valence-electron chi connectivity index (χ4n) is 2.23. The second-order valence-electron chi connectivity index (χ2n) is 5.20. The van der Waals surface area contributed by atoms with E-state index >= 15 is 0 Å². The third-order valence-electron chi connectivity index (χ3n) is 3.57. The SMILES string of the molecule is C.CC1C=CC(CC(=O)Cc2ccccc2)=CC1C. The van der Waals surface area contributed by atoms with Crippen LogP contribution in [0.2, 0.25) is 0 Å². The lowest BCUT2D eigenvalue weighted by atomic mass is 9.87. The third kappa shape index (κ3) is 4.51. The molecule has 2 unspecified atom stereocenters. The fourth-order valence-corrected chi connectivity index (χ4v) is 2.23. The zero-order chi connectivity index (χ0) is 13.0. The van der Waals surface area contributed by atoms with Crippen LogP contribution in [0, 0.1) is 11.8 Å². The van der Waals surface area contributed by atoms with Crippen molar-refractivity contribution in [1.29, 1.82) is 0 Å². The molecule has 0 spiro atoms. The van der Waals surface area contributed by atoms with Crippen molar-refractivity contribution < 1.29 is 4.79 Å². The van der Waals surface area contributed by atoms with E-state index in [-0.39, 0.29) is 7.43 Å². The number of benzene rings is 1. The van der Waals surface area contributed by atoms with E-state index in [0.29, 0.717) is 30.5 Å². The predicted octanol–water partition coefficient (Wildman–Crippen LogP) is 4.59. The molecule has 1 aliphatic carbocycles. The lowest BCUT2D eigenvalue weighted by Crippen LogP contribution is -2.10. The molecule has 0 aliphatic heterocycles. The summed E-state index contributed by atoms with van der Waals surface area (Å²) in [6, 6.07) is 9.95. The molecule has 2 rings (SSSR count). The van der Waals surface area contributed by atoms with Gasteiger partial charge in [-0.2, -0.15) is 0 Å². The summed E-state index contributed by atoms with van der Waals surface area (Å²) in [4.78, 5) is 12.0. The van der Waals surface area contributed by atoms with Crippen LogP contribution in [-0.2, 0) is 11.2 Å². The van der Waals surface area contributed by atoms with Crippen molar-refractivity contribution in [2.24, 2.45) is 11.8 Å². The van der Waals surface area contributed by atoms with E-state index in [4.69, 9.17) is 0 Å². The van der Waals surface area contributed by atoms with E-state index in [1.807, 2.05) is 30.3 Å². The van der Waals surface area contributed by atoms with Crippen LogP contribution in [0.1, 0.15) is 33.3 Å². The number of ketones is 1. The molecule has 0 aromatic heterocycles. The van der Waals surface area contributed by atoms with E-state index < -0.39 is 0 Å². The van der Waals surface area contributed by atoms with Gasteiger partial charge >= 0.3 is 0 Å². The first kappa shape index (κ1) is 15.4. The Bertz CT molecular complexity index is 468. The van der Waals surface area contributed by atoms with Gasteiger partial charge in [-0.25, -0.2) is 0 Å². The fraction of sp³-hybridized carbons (Fsp3) is 0.389. The number of carbonyl (C=O) groups excluding carboxylic acids is 1. The summed E-state index contributed by atoms with van der Waals surface area (Å²) in [5, 5.41) is 0. The van der Waals surface area contributed by atoms with Gasteiger partial charge in [0.15, 0.2) is 0 Å². The summed E-state index contributed by atoms with van der Waals surface area (Å²) in [6.45, 7) is 4.41. The lowest BCUT2D eigenvalue weighted by molar-refractivity contribution is -0.117. The summed E-state index contributed by atoms with van der Waals surface area (Å²) in [5.41, 5.74) is 2.27. The maximum absolute atomic E-state index is 12.0. The smallest absolute Gasteiger partial charge is 0.141 e. The molecule has 0 radical (unpaired) electrons. The first-order valence-electron chi connectivity index (χ1n) is 6.59. The van der Waals surface area contributed by atoms with Gasteiger partial charge in [-0.3, -0.25) is 4.79 Å². The summed E-state index contributed by atoms with van der Waals surface area (Å²) in [7, 11) is 0. The molecule has 0 fully saturated rings. The Labute approximate surface area is 117 Å². The van der Waals surface area contributed by atoms with E-state index in [1.165, 1.54) is 5.57 Å². The molecule has 1 heteroatoms. The van der Waals surface area contributed by atoms with Gasteiger partial charge in [0, 0.05) is 12.8 Å². The van der Waals surface area contributed by atoms with Crippen LogP contribution in [0.5, 0.6) is 0 Å². The molecule has 0 saturated carbocycles. The molecule has 102 valence electrons. The largest absolute Gasteiger partial charge is 0.299 e. The van der Waals surface area contributed by atoms with Gasteiger partial charge in [0.25, 0.3) is 0 Å². The Balaban J connectivity index is 0.00000180.